The highest BCUT2D eigenvalue weighted by Gasteiger charge is 2.07. The van der Waals surface area contributed by atoms with Gasteiger partial charge in [-0.1, -0.05) is 54.1 Å². The van der Waals surface area contributed by atoms with Gasteiger partial charge in [0.15, 0.2) is 0 Å². The molecule has 0 fully saturated rings. The molecule has 0 spiro atoms. The number of hydrazine groups is 1. The molecular weight excluding hydrogens is 337 g/mol. The molecule has 0 aliphatic carbocycles. The Morgan fingerprint density at radius 2 is 1.67 bits per heavy atom. The third kappa shape index (κ3) is 3.08. The third-order valence-corrected chi connectivity index (χ3v) is 2.70. The van der Waals surface area contributed by atoms with Crippen molar-refractivity contribution in [3.8, 4) is 11.1 Å². The van der Waals surface area contributed by atoms with Crippen molar-refractivity contribution in [1.82, 2.24) is 5.43 Å². The standard InChI is InChI=1S/C14H15N3.HI/c1-10-6-8-11(9-7-10)12-4-2-3-5-13(12)14(15)17-16;/h2-9H,16H2,1H3,(H2,15,17);1H. The Morgan fingerprint density at radius 1 is 1.06 bits per heavy atom. The van der Waals surface area contributed by atoms with Crippen LogP contribution in [-0.2, 0) is 0 Å². The van der Waals surface area contributed by atoms with E-state index in [1.807, 2.05) is 24.3 Å². The number of nitrogens with one attached hydrogen (secondary N) is 2. The number of nitrogens with two attached hydrogens (primary N) is 1. The van der Waals surface area contributed by atoms with Crippen LogP contribution in [0.1, 0.15) is 11.1 Å². The number of benzene rings is 2. The number of rotatable bonds is 2. The number of amidine groups is 1. The van der Waals surface area contributed by atoms with E-state index in [9.17, 15) is 0 Å². The highest BCUT2D eigenvalue weighted by atomic mass is 127. The molecule has 0 aliphatic rings. The molecule has 0 saturated heterocycles. The highest BCUT2D eigenvalue weighted by molar-refractivity contribution is 14.0. The van der Waals surface area contributed by atoms with E-state index >= 15 is 0 Å². The lowest BCUT2D eigenvalue weighted by molar-refractivity contribution is 1.01. The molecule has 0 heterocycles. The fourth-order valence-corrected chi connectivity index (χ4v) is 1.76. The summed E-state index contributed by atoms with van der Waals surface area (Å²) < 4.78 is 0. The molecule has 2 aromatic rings. The molecule has 0 aromatic heterocycles. The molecule has 0 aliphatic heterocycles. The zero-order valence-electron chi connectivity index (χ0n) is 10.1. The Hall–Kier alpha value is -1.40. The quantitative estimate of drug-likeness (QED) is 0.256. The first-order chi connectivity index (χ1) is 8.22. The summed E-state index contributed by atoms with van der Waals surface area (Å²) in [7, 11) is 0. The molecule has 0 amide bonds. The Bertz CT molecular complexity index is 535. The fourth-order valence-electron chi connectivity index (χ4n) is 1.76. The van der Waals surface area contributed by atoms with Gasteiger partial charge in [-0.05, 0) is 18.1 Å². The summed E-state index contributed by atoms with van der Waals surface area (Å²) >= 11 is 0. The van der Waals surface area contributed by atoms with Crippen LogP contribution in [0.4, 0.5) is 0 Å². The topological polar surface area (TPSA) is 61.9 Å². The van der Waals surface area contributed by atoms with Gasteiger partial charge in [0.1, 0.15) is 5.84 Å². The summed E-state index contributed by atoms with van der Waals surface area (Å²) in [5.74, 6) is 5.52. The first-order valence-corrected chi connectivity index (χ1v) is 5.44. The second-order valence-electron chi connectivity index (χ2n) is 3.93. The van der Waals surface area contributed by atoms with Gasteiger partial charge in [0, 0.05) is 5.56 Å². The van der Waals surface area contributed by atoms with Crippen molar-refractivity contribution < 1.29 is 0 Å². The second-order valence-corrected chi connectivity index (χ2v) is 3.93. The largest absolute Gasteiger partial charge is 0.308 e. The fraction of sp³-hybridized carbons (Fsp3) is 0.0714. The molecule has 4 N–H and O–H groups in total. The lowest BCUT2D eigenvalue weighted by Crippen LogP contribution is -2.30. The van der Waals surface area contributed by atoms with E-state index in [-0.39, 0.29) is 29.8 Å². The maximum Gasteiger partial charge on any atom is 0.140 e. The lowest BCUT2D eigenvalue weighted by Gasteiger charge is -2.10. The minimum absolute atomic E-state index is 0. The van der Waals surface area contributed by atoms with Gasteiger partial charge in [0.25, 0.3) is 0 Å². The average Bonchev–Trinajstić information content (AvgIpc) is 2.39. The first kappa shape index (κ1) is 14.7. The summed E-state index contributed by atoms with van der Waals surface area (Å²) in [5, 5.41) is 7.77. The van der Waals surface area contributed by atoms with Gasteiger partial charge in [0.2, 0.25) is 0 Å². The van der Waals surface area contributed by atoms with Crippen molar-refractivity contribution in [3.63, 3.8) is 0 Å². The maximum atomic E-state index is 7.77. The summed E-state index contributed by atoms with van der Waals surface area (Å²) in [4.78, 5) is 0. The van der Waals surface area contributed by atoms with Gasteiger partial charge in [0.05, 0.1) is 0 Å². The predicted octanol–water partition coefficient (Wildman–Crippen LogP) is 3.07. The van der Waals surface area contributed by atoms with E-state index in [1.54, 1.807) is 0 Å². The van der Waals surface area contributed by atoms with Crippen LogP contribution in [0, 0.1) is 12.3 Å². The third-order valence-electron chi connectivity index (χ3n) is 2.70. The minimum atomic E-state index is 0. The van der Waals surface area contributed by atoms with Crippen molar-refractivity contribution >= 4 is 29.8 Å². The Kier molecular flexibility index (Phi) is 5.30. The van der Waals surface area contributed by atoms with Crippen LogP contribution >= 0.6 is 24.0 Å². The molecule has 3 nitrogen and oxygen atoms in total. The second kappa shape index (κ2) is 6.51. The average molecular weight is 353 g/mol. The summed E-state index contributed by atoms with van der Waals surface area (Å²) in [6, 6.07) is 16.0. The molecule has 0 atom stereocenters. The normalized spacial score (nSPS) is 9.44. The van der Waals surface area contributed by atoms with Crippen molar-refractivity contribution in [2.75, 3.05) is 0 Å². The van der Waals surface area contributed by atoms with E-state index in [2.05, 4.69) is 36.6 Å². The Morgan fingerprint density at radius 3 is 2.28 bits per heavy atom. The Balaban J connectivity index is 0.00000162. The number of aryl methyl sites for hydroxylation is 1. The predicted molar refractivity (Wildman–Crippen MR) is 86.2 cm³/mol. The first-order valence-electron chi connectivity index (χ1n) is 5.44. The summed E-state index contributed by atoms with van der Waals surface area (Å²) in [5.41, 5.74) is 6.51. The van der Waals surface area contributed by atoms with E-state index < -0.39 is 0 Å². The summed E-state index contributed by atoms with van der Waals surface area (Å²) in [6.07, 6.45) is 0. The van der Waals surface area contributed by atoms with Crippen molar-refractivity contribution in [1.29, 1.82) is 5.41 Å². The molecule has 0 unspecified atom stereocenters. The van der Waals surface area contributed by atoms with Crippen LogP contribution in [0.15, 0.2) is 48.5 Å². The van der Waals surface area contributed by atoms with E-state index in [0.29, 0.717) is 0 Å². The number of hydrogen-bond donors (Lipinski definition) is 3. The van der Waals surface area contributed by atoms with E-state index in [1.165, 1.54) is 5.56 Å². The molecule has 0 bridgehead atoms. The van der Waals surface area contributed by atoms with Crippen LogP contribution in [0.25, 0.3) is 11.1 Å². The highest BCUT2D eigenvalue weighted by Crippen LogP contribution is 2.23. The molecular formula is C14H16IN3. The number of hydrogen-bond acceptors (Lipinski definition) is 2. The molecule has 0 saturated carbocycles. The van der Waals surface area contributed by atoms with Gasteiger partial charge in [-0.25, -0.2) is 5.84 Å². The van der Waals surface area contributed by atoms with Crippen molar-refractivity contribution in [2.24, 2.45) is 5.84 Å². The van der Waals surface area contributed by atoms with Gasteiger partial charge < -0.3 is 5.43 Å². The maximum absolute atomic E-state index is 7.77. The van der Waals surface area contributed by atoms with Gasteiger partial charge >= 0.3 is 0 Å². The molecule has 2 aromatic carbocycles. The SMILES string of the molecule is Cc1ccc(-c2ccccc2C(=N)NN)cc1.I. The van der Waals surface area contributed by atoms with Gasteiger partial charge in [-0.3, -0.25) is 5.41 Å². The van der Waals surface area contributed by atoms with Crippen molar-refractivity contribution in [3.05, 3.63) is 59.7 Å². The molecule has 18 heavy (non-hydrogen) atoms. The molecule has 4 heteroatoms. The smallest absolute Gasteiger partial charge is 0.140 e. The monoisotopic (exact) mass is 353 g/mol. The molecule has 0 radical (unpaired) electrons. The minimum Gasteiger partial charge on any atom is -0.308 e. The zero-order chi connectivity index (χ0) is 12.3. The van der Waals surface area contributed by atoms with Gasteiger partial charge in [-0.15, -0.1) is 24.0 Å². The lowest BCUT2D eigenvalue weighted by atomic mass is 9.98. The molecule has 94 valence electrons. The van der Waals surface area contributed by atoms with Crippen LogP contribution < -0.4 is 11.3 Å². The summed E-state index contributed by atoms with van der Waals surface area (Å²) in [6.45, 7) is 2.05. The van der Waals surface area contributed by atoms with E-state index in [4.69, 9.17) is 11.3 Å². The van der Waals surface area contributed by atoms with Crippen LogP contribution in [0.3, 0.4) is 0 Å². The van der Waals surface area contributed by atoms with E-state index in [0.717, 1.165) is 16.7 Å². The van der Waals surface area contributed by atoms with Gasteiger partial charge in [-0.2, -0.15) is 0 Å². The van der Waals surface area contributed by atoms with Crippen molar-refractivity contribution in [2.45, 2.75) is 6.92 Å². The molecule has 2 rings (SSSR count). The zero-order valence-corrected chi connectivity index (χ0v) is 12.4. The van der Waals surface area contributed by atoms with Crippen LogP contribution in [0.2, 0.25) is 0 Å². The van der Waals surface area contributed by atoms with Crippen LogP contribution in [0.5, 0.6) is 0 Å². The van der Waals surface area contributed by atoms with Crippen LogP contribution in [-0.4, -0.2) is 5.84 Å². The number of halogens is 1. The Labute approximate surface area is 124 Å².